The lowest BCUT2D eigenvalue weighted by Gasteiger charge is -2.06. The SMILES string of the molecule is C=C(C)COc1ccc(C2=c3cc4c(cc3OC2=O)=C(c2ccc(C)cc2)C(=O)O4)cc1. The maximum absolute atomic E-state index is 12.7. The zero-order valence-corrected chi connectivity index (χ0v) is 17.7. The molecule has 0 N–H and O–H groups in total. The second-order valence-electron chi connectivity index (χ2n) is 8.01. The van der Waals surface area contributed by atoms with Crippen molar-refractivity contribution in [2.24, 2.45) is 0 Å². The minimum absolute atomic E-state index is 0.411. The first-order valence-corrected chi connectivity index (χ1v) is 10.2. The molecule has 0 saturated carbocycles. The summed E-state index contributed by atoms with van der Waals surface area (Å²) >= 11 is 0. The monoisotopic (exact) mass is 424 g/mol. The van der Waals surface area contributed by atoms with E-state index in [0.29, 0.717) is 51.0 Å². The lowest BCUT2D eigenvalue weighted by atomic mass is 10.0. The molecule has 2 heterocycles. The molecule has 5 heteroatoms. The molecule has 5 rings (SSSR count). The number of esters is 2. The fraction of sp³-hybridized carbons (Fsp3) is 0.111. The van der Waals surface area contributed by atoms with Crippen LogP contribution < -0.4 is 24.6 Å². The molecule has 32 heavy (non-hydrogen) atoms. The molecule has 0 aliphatic carbocycles. The van der Waals surface area contributed by atoms with E-state index in [4.69, 9.17) is 14.2 Å². The average molecular weight is 424 g/mol. The molecule has 3 aromatic rings. The van der Waals surface area contributed by atoms with E-state index in [9.17, 15) is 9.59 Å². The zero-order valence-electron chi connectivity index (χ0n) is 17.7. The topological polar surface area (TPSA) is 61.8 Å². The van der Waals surface area contributed by atoms with Crippen molar-refractivity contribution >= 4 is 23.1 Å². The third-order valence-electron chi connectivity index (χ3n) is 5.40. The van der Waals surface area contributed by atoms with Crippen molar-refractivity contribution in [1.82, 2.24) is 0 Å². The summed E-state index contributed by atoms with van der Waals surface area (Å²) in [6.07, 6.45) is 0. The summed E-state index contributed by atoms with van der Waals surface area (Å²) in [5, 5.41) is 1.22. The van der Waals surface area contributed by atoms with Crippen LogP contribution in [0.5, 0.6) is 17.2 Å². The predicted molar refractivity (Wildman–Crippen MR) is 120 cm³/mol. The van der Waals surface area contributed by atoms with Gasteiger partial charge in [-0.25, -0.2) is 9.59 Å². The average Bonchev–Trinajstić information content (AvgIpc) is 3.25. The van der Waals surface area contributed by atoms with Gasteiger partial charge in [-0.1, -0.05) is 48.5 Å². The van der Waals surface area contributed by atoms with Crippen LogP contribution in [-0.4, -0.2) is 18.5 Å². The van der Waals surface area contributed by atoms with Crippen LogP contribution in [0, 0.1) is 6.92 Å². The van der Waals surface area contributed by atoms with Crippen molar-refractivity contribution in [2.75, 3.05) is 6.61 Å². The van der Waals surface area contributed by atoms with Crippen LogP contribution in [0.1, 0.15) is 23.6 Å². The number of hydrogen-bond acceptors (Lipinski definition) is 5. The molecular formula is C27H20O5. The highest BCUT2D eigenvalue weighted by Gasteiger charge is 2.30. The number of benzene rings is 3. The van der Waals surface area contributed by atoms with Crippen LogP contribution >= 0.6 is 0 Å². The third kappa shape index (κ3) is 3.38. The first-order chi connectivity index (χ1) is 15.4. The molecule has 3 aromatic carbocycles. The Bertz CT molecular complexity index is 1410. The summed E-state index contributed by atoms with van der Waals surface area (Å²) in [4.78, 5) is 25.3. The van der Waals surface area contributed by atoms with Crippen LogP contribution in [0.4, 0.5) is 0 Å². The van der Waals surface area contributed by atoms with E-state index in [2.05, 4.69) is 6.58 Å². The molecule has 158 valence electrons. The molecule has 0 radical (unpaired) electrons. The number of aryl methyl sites for hydroxylation is 1. The predicted octanol–water partition coefficient (Wildman–Crippen LogP) is 3.19. The largest absolute Gasteiger partial charge is 0.489 e. The Morgan fingerprint density at radius 2 is 1.28 bits per heavy atom. The van der Waals surface area contributed by atoms with Gasteiger partial charge in [-0.05, 0) is 54.8 Å². The van der Waals surface area contributed by atoms with E-state index in [1.165, 1.54) is 0 Å². The summed E-state index contributed by atoms with van der Waals surface area (Å²) in [5.74, 6) is 0.655. The van der Waals surface area contributed by atoms with E-state index < -0.39 is 11.9 Å². The second-order valence-corrected chi connectivity index (χ2v) is 8.01. The van der Waals surface area contributed by atoms with E-state index in [1.54, 1.807) is 24.3 Å². The molecule has 0 spiro atoms. The Morgan fingerprint density at radius 3 is 1.75 bits per heavy atom. The smallest absolute Gasteiger partial charge is 0.344 e. The number of hydrogen-bond donors (Lipinski definition) is 0. The van der Waals surface area contributed by atoms with Crippen molar-refractivity contribution in [2.45, 2.75) is 13.8 Å². The fourth-order valence-electron chi connectivity index (χ4n) is 3.83. The van der Waals surface area contributed by atoms with Gasteiger partial charge in [0.1, 0.15) is 23.9 Å². The van der Waals surface area contributed by atoms with Crippen LogP contribution in [0.15, 0.2) is 72.8 Å². The molecule has 0 amide bonds. The highest BCUT2D eigenvalue weighted by atomic mass is 16.5. The van der Waals surface area contributed by atoms with Gasteiger partial charge in [-0.15, -0.1) is 0 Å². The highest BCUT2D eigenvalue weighted by Crippen LogP contribution is 2.28. The standard InChI is InChI=1S/C27H20O5/c1-15(2)14-30-19-10-8-18(9-11-19)25-21-13-22-20(12-23(21)32-27(25)29)24(26(28)31-22)17-6-4-16(3)5-7-17/h4-13H,1,14H2,2-3H3. The molecule has 0 saturated heterocycles. The number of rotatable bonds is 5. The molecule has 2 aliphatic heterocycles. The molecule has 5 nitrogen and oxygen atoms in total. The first kappa shape index (κ1) is 19.8. The number of carbonyl (C=O) groups excluding carboxylic acids is 2. The number of carbonyl (C=O) groups is 2. The second kappa shape index (κ2) is 7.54. The van der Waals surface area contributed by atoms with Crippen LogP contribution in [0.2, 0.25) is 0 Å². The molecular weight excluding hydrogens is 404 g/mol. The Morgan fingerprint density at radius 1 is 0.812 bits per heavy atom. The van der Waals surface area contributed by atoms with Gasteiger partial charge < -0.3 is 14.2 Å². The van der Waals surface area contributed by atoms with Crippen molar-refractivity contribution in [3.05, 3.63) is 99.9 Å². The Labute approximate surface area is 184 Å². The van der Waals surface area contributed by atoms with Crippen LogP contribution in [0.3, 0.4) is 0 Å². The fourth-order valence-corrected chi connectivity index (χ4v) is 3.83. The van der Waals surface area contributed by atoms with E-state index in [0.717, 1.165) is 16.7 Å². The zero-order chi connectivity index (χ0) is 22.4. The third-order valence-corrected chi connectivity index (χ3v) is 5.40. The first-order valence-electron chi connectivity index (χ1n) is 10.2. The van der Waals surface area contributed by atoms with Gasteiger partial charge in [0.2, 0.25) is 0 Å². The number of fused-ring (bicyclic) bond motifs is 2. The molecule has 0 aromatic heterocycles. The van der Waals surface area contributed by atoms with Gasteiger partial charge in [0.05, 0.1) is 11.1 Å². The molecule has 0 fully saturated rings. The van der Waals surface area contributed by atoms with Gasteiger partial charge in [-0.3, -0.25) is 0 Å². The maximum atomic E-state index is 12.7. The minimum Gasteiger partial charge on any atom is -0.489 e. The van der Waals surface area contributed by atoms with E-state index in [1.807, 2.05) is 50.2 Å². The number of ether oxygens (including phenoxy) is 3. The Balaban J connectivity index is 1.61. The normalized spacial score (nSPS) is 14.1. The van der Waals surface area contributed by atoms with E-state index in [-0.39, 0.29) is 0 Å². The minimum atomic E-state index is -0.442. The molecule has 0 bridgehead atoms. The molecule has 0 atom stereocenters. The maximum Gasteiger partial charge on any atom is 0.344 e. The van der Waals surface area contributed by atoms with E-state index >= 15 is 0 Å². The van der Waals surface area contributed by atoms with Crippen molar-refractivity contribution in [3.8, 4) is 17.2 Å². The van der Waals surface area contributed by atoms with Gasteiger partial charge in [0.25, 0.3) is 0 Å². The lowest BCUT2D eigenvalue weighted by molar-refractivity contribution is -0.128. The summed E-state index contributed by atoms with van der Waals surface area (Å²) in [6, 6.07) is 18.3. The summed E-state index contributed by atoms with van der Waals surface area (Å²) in [7, 11) is 0. The van der Waals surface area contributed by atoms with Gasteiger partial charge >= 0.3 is 11.9 Å². The van der Waals surface area contributed by atoms with Crippen molar-refractivity contribution < 1.29 is 23.8 Å². The van der Waals surface area contributed by atoms with Crippen molar-refractivity contribution in [3.63, 3.8) is 0 Å². The molecule has 0 unspecified atom stereocenters. The Kier molecular flexibility index (Phi) is 4.67. The van der Waals surface area contributed by atoms with Crippen LogP contribution in [0.25, 0.3) is 11.1 Å². The summed E-state index contributed by atoms with van der Waals surface area (Å²) < 4.78 is 16.7. The quantitative estimate of drug-likeness (QED) is 0.358. The van der Waals surface area contributed by atoms with Gasteiger partial charge in [0, 0.05) is 10.4 Å². The Hall–Kier alpha value is -4.12. The van der Waals surface area contributed by atoms with Crippen molar-refractivity contribution in [1.29, 1.82) is 0 Å². The summed E-state index contributed by atoms with van der Waals surface area (Å²) in [5.41, 5.74) is 4.36. The van der Waals surface area contributed by atoms with Gasteiger partial charge in [-0.2, -0.15) is 0 Å². The summed E-state index contributed by atoms with van der Waals surface area (Å²) in [6.45, 7) is 8.12. The van der Waals surface area contributed by atoms with Gasteiger partial charge in [0.15, 0.2) is 0 Å². The molecule has 2 aliphatic rings. The lowest BCUT2D eigenvalue weighted by Crippen LogP contribution is -2.11. The highest BCUT2D eigenvalue weighted by molar-refractivity contribution is 6.21. The van der Waals surface area contributed by atoms with Crippen LogP contribution in [-0.2, 0) is 9.59 Å².